The predicted octanol–water partition coefficient (Wildman–Crippen LogP) is 1.91. The molecule has 1 atom stereocenters. The van der Waals surface area contributed by atoms with Gasteiger partial charge in [0.1, 0.15) is 0 Å². The van der Waals surface area contributed by atoms with E-state index in [4.69, 9.17) is 14.7 Å². The molecule has 0 radical (unpaired) electrons. The van der Waals surface area contributed by atoms with E-state index < -0.39 is 23.0 Å². The summed E-state index contributed by atoms with van der Waals surface area (Å²) in [6.07, 6.45) is 0. The average molecular weight is 428 g/mol. The van der Waals surface area contributed by atoms with Gasteiger partial charge >= 0.3 is 130 Å². The Hall–Kier alpha value is -0.790. The normalized spacial score (nSPS) is 23.3. The van der Waals surface area contributed by atoms with Gasteiger partial charge in [0.15, 0.2) is 0 Å². The van der Waals surface area contributed by atoms with Gasteiger partial charge in [0.2, 0.25) is 0 Å². The molecule has 0 amide bonds. The average Bonchev–Trinajstić information content (AvgIpc) is 2.68. The summed E-state index contributed by atoms with van der Waals surface area (Å²) in [6.45, 7) is 1.74. The molecule has 0 aromatic heterocycles. The van der Waals surface area contributed by atoms with Gasteiger partial charge in [-0.2, -0.15) is 0 Å². The number of rotatable bonds is 1. The summed E-state index contributed by atoms with van der Waals surface area (Å²) in [5.41, 5.74) is 1.74. The summed E-state index contributed by atoms with van der Waals surface area (Å²) in [5, 5.41) is 0.351. The van der Waals surface area contributed by atoms with Gasteiger partial charge in [-0.25, -0.2) is 0 Å². The van der Waals surface area contributed by atoms with E-state index in [0.717, 1.165) is 7.11 Å². The molecule has 0 N–H and O–H groups in total. The van der Waals surface area contributed by atoms with Gasteiger partial charge in [-0.3, -0.25) is 0 Å². The quantitative estimate of drug-likeness (QED) is 0.499. The summed E-state index contributed by atoms with van der Waals surface area (Å²) in [7, 11) is 1.16. The summed E-state index contributed by atoms with van der Waals surface area (Å²) < 4.78 is 43.2. The summed E-state index contributed by atoms with van der Waals surface area (Å²) in [4.78, 5) is 0. The van der Waals surface area contributed by atoms with E-state index >= 15 is 0 Å². The van der Waals surface area contributed by atoms with Crippen molar-refractivity contribution >= 4 is 11.6 Å². The van der Waals surface area contributed by atoms with Crippen molar-refractivity contribution in [3.05, 3.63) is 54.1 Å². The van der Waals surface area contributed by atoms with Crippen LogP contribution < -0.4 is 18.8 Å². The van der Waals surface area contributed by atoms with Gasteiger partial charge in [-0.05, 0) is 0 Å². The SMILES string of the molecule is CO[I-]1(C(F)(F)F)c2ccccc2-c2c(Cl)cc(C)cc21. The van der Waals surface area contributed by atoms with E-state index in [0.29, 0.717) is 21.7 Å². The molecule has 6 heteroatoms. The van der Waals surface area contributed by atoms with Gasteiger partial charge in [0.05, 0.1) is 0 Å². The number of benzene rings is 2. The van der Waals surface area contributed by atoms with Crippen LogP contribution in [0.3, 0.4) is 0 Å². The van der Waals surface area contributed by atoms with Crippen LogP contribution in [0.2, 0.25) is 5.02 Å². The zero-order valence-corrected chi connectivity index (χ0v) is 14.2. The molecule has 0 aliphatic carbocycles. The number of hydrogen-bond acceptors (Lipinski definition) is 1. The third-order valence-electron chi connectivity index (χ3n) is 3.44. The molecule has 1 nitrogen and oxygen atoms in total. The molecule has 1 aliphatic rings. The minimum absolute atomic E-state index is 0.239. The third kappa shape index (κ3) is 1.94. The summed E-state index contributed by atoms with van der Waals surface area (Å²) in [5.74, 6) is 0. The first-order chi connectivity index (χ1) is 9.83. The van der Waals surface area contributed by atoms with Crippen molar-refractivity contribution in [2.45, 2.75) is 11.1 Å². The Morgan fingerprint density at radius 2 is 1.76 bits per heavy atom. The molecule has 3 rings (SSSR count). The topological polar surface area (TPSA) is 9.23 Å². The molecule has 21 heavy (non-hydrogen) atoms. The molecule has 114 valence electrons. The Balaban J connectivity index is 2.49. The van der Waals surface area contributed by atoms with Crippen molar-refractivity contribution in [1.82, 2.24) is 0 Å². The van der Waals surface area contributed by atoms with E-state index in [1.807, 2.05) is 0 Å². The van der Waals surface area contributed by atoms with Crippen LogP contribution >= 0.6 is 11.6 Å². The van der Waals surface area contributed by atoms with Crippen LogP contribution in [-0.4, -0.2) is 11.3 Å². The summed E-state index contributed by atoms with van der Waals surface area (Å²) in [6, 6.07) is 9.82. The van der Waals surface area contributed by atoms with E-state index in [1.165, 1.54) is 6.07 Å². The van der Waals surface area contributed by atoms with Crippen molar-refractivity contribution in [3.63, 3.8) is 0 Å². The van der Waals surface area contributed by atoms with Crippen LogP contribution in [0.4, 0.5) is 13.2 Å². The monoisotopic (exact) mass is 427 g/mol. The third-order valence-corrected chi connectivity index (χ3v) is 11.8. The second-order valence-electron chi connectivity index (χ2n) is 4.68. The molecule has 0 fully saturated rings. The molecule has 1 aliphatic heterocycles. The van der Waals surface area contributed by atoms with Crippen LogP contribution in [0, 0.1) is 14.1 Å². The van der Waals surface area contributed by atoms with Gasteiger partial charge in [-0.1, -0.05) is 0 Å². The molecule has 2 aromatic rings. The second-order valence-corrected chi connectivity index (χ2v) is 12.5. The van der Waals surface area contributed by atoms with Crippen LogP contribution in [0.5, 0.6) is 0 Å². The number of halogens is 5. The molecular weight excluding hydrogens is 416 g/mol. The first kappa shape index (κ1) is 15.1. The van der Waals surface area contributed by atoms with Crippen molar-refractivity contribution in [1.29, 1.82) is 0 Å². The number of hydrogen-bond donors (Lipinski definition) is 0. The molecule has 2 aromatic carbocycles. The molecule has 0 bridgehead atoms. The zero-order valence-electron chi connectivity index (χ0n) is 11.3. The van der Waals surface area contributed by atoms with Gasteiger partial charge in [0, 0.05) is 0 Å². The Morgan fingerprint density at radius 1 is 1.10 bits per heavy atom. The number of fused-ring (bicyclic) bond motifs is 3. The van der Waals surface area contributed by atoms with Crippen molar-refractivity contribution in [2.24, 2.45) is 0 Å². The van der Waals surface area contributed by atoms with Crippen molar-refractivity contribution in [2.75, 3.05) is 7.11 Å². The van der Waals surface area contributed by atoms with Crippen molar-refractivity contribution in [3.8, 4) is 11.1 Å². The Morgan fingerprint density at radius 3 is 2.38 bits per heavy atom. The van der Waals surface area contributed by atoms with E-state index in [-0.39, 0.29) is 7.14 Å². The van der Waals surface area contributed by atoms with Crippen LogP contribution in [-0.2, 0) is 3.07 Å². The van der Waals surface area contributed by atoms with E-state index in [2.05, 4.69) is 0 Å². The van der Waals surface area contributed by atoms with Crippen LogP contribution in [0.15, 0.2) is 36.4 Å². The molecular formula is C15H12ClF3IO-. The molecule has 0 saturated heterocycles. The van der Waals surface area contributed by atoms with Gasteiger partial charge in [-0.15, -0.1) is 0 Å². The standard InChI is InChI=1S/C15H12ClF3IO/c1-9-7-11(16)14-10-5-3-4-6-12(10)20(21-2,13(14)8-9)15(17,18)19/h3-8H,1-2H3/q-1. The molecule has 1 heterocycles. The number of aryl methyl sites for hydroxylation is 1. The minimum atomic E-state index is -4.84. The van der Waals surface area contributed by atoms with E-state index in [1.54, 1.807) is 37.3 Å². The van der Waals surface area contributed by atoms with Crippen LogP contribution in [0.25, 0.3) is 11.1 Å². The van der Waals surface area contributed by atoms with Gasteiger partial charge in [0.25, 0.3) is 0 Å². The number of alkyl halides is 4. The fourth-order valence-corrected chi connectivity index (χ4v) is 10.8. The fourth-order valence-electron chi connectivity index (χ4n) is 2.66. The second kappa shape index (κ2) is 4.86. The maximum atomic E-state index is 13.9. The Bertz CT molecular complexity index is 729. The van der Waals surface area contributed by atoms with E-state index in [9.17, 15) is 13.2 Å². The van der Waals surface area contributed by atoms with Crippen LogP contribution in [0.1, 0.15) is 5.56 Å². The maximum absolute atomic E-state index is 13.9. The molecule has 0 saturated carbocycles. The Kier molecular flexibility index (Phi) is 3.50. The zero-order chi connectivity index (χ0) is 15.4. The van der Waals surface area contributed by atoms with Crippen molar-refractivity contribution < 1.29 is 35.1 Å². The predicted molar refractivity (Wildman–Crippen MR) is 72.1 cm³/mol. The Labute approximate surface area is 130 Å². The fraction of sp³-hybridized carbons (Fsp3) is 0.200. The summed E-state index contributed by atoms with van der Waals surface area (Å²) >= 11 is 1.40. The molecule has 1 unspecified atom stereocenters. The first-order valence-electron chi connectivity index (χ1n) is 6.12. The van der Waals surface area contributed by atoms with Gasteiger partial charge < -0.3 is 0 Å². The first-order valence-corrected chi connectivity index (χ1v) is 10.6. The molecule has 0 spiro atoms.